The highest BCUT2D eigenvalue weighted by Crippen LogP contribution is 2.46. The van der Waals surface area contributed by atoms with Crippen LogP contribution in [0.5, 0.6) is 11.5 Å². The van der Waals surface area contributed by atoms with Gasteiger partial charge in [-0.25, -0.2) is 0 Å². The Morgan fingerprint density at radius 1 is 1.27 bits per heavy atom. The standard InChI is InChI=1S/C19H26O3/c1-4-5-13-9-17(21)19(18(22)10-13)16-8-14(11-20)6-7-15(16)12(2)3/h8-10,15-16,20-22H,2,4-7,11H2,1,3H3/t15?,16-/m1/s1. The van der Waals surface area contributed by atoms with E-state index < -0.39 is 0 Å². The van der Waals surface area contributed by atoms with Crippen molar-refractivity contribution in [2.45, 2.75) is 45.4 Å². The van der Waals surface area contributed by atoms with Crippen LogP contribution in [-0.4, -0.2) is 21.9 Å². The van der Waals surface area contributed by atoms with Crippen molar-refractivity contribution in [2.75, 3.05) is 6.61 Å². The largest absolute Gasteiger partial charge is 0.507 e. The van der Waals surface area contributed by atoms with Gasteiger partial charge in [0.1, 0.15) is 11.5 Å². The average Bonchev–Trinajstić information content (AvgIpc) is 2.46. The highest BCUT2D eigenvalue weighted by Gasteiger charge is 2.30. The van der Waals surface area contributed by atoms with Gasteiger partial charge in [0.05, 0.1) is 6.61 Å². The van der Waals surface area contributed by atoms with Gasteiger partial charge in [0.15, 0.2) is 0 Å². The van der Waals surface area contributed by atoms with E-state index in [1.165, 1.54) is 0 Å². The molecule has 1 aliphatic rings. The van der Waals surface area contributed by atoms with Crippen LogP contribution in [0.4, 0.5) is 0 Å². The summed E-state index contributed by atoms with van der Waals surface area (Å²) in [4.78, 5) is 0. The van der Waals surface area contributed by atoms with Gasteiger partial charge in [0, 0.05) is 11.5 Å². The summed E-state index contributed by atoms with van der Waals surface area (Å²) in [5.74, 6) is 0.304. The number of hydrogen-bond acceptors (Lipinski definition) is 3. The van der Waals surface area contributed by atoms with Crippen LogP contribution >= 0.6 is 0 Å². The predicted molar refractivity (Wildman–Crippen MR) is 89.2 cm³/mol. The van der Waals surface area contributed by atoms with Crippen LogP contribution in [0.1, 0.15) is 50.2 Å². The molecule has 0 radical (unpaired) electrons. The number of phenolic OH excluding ortho intramolecular Hbond substituents is 2. The van der Waals surface area contributed by atoms with Gasteiger partial charge in [-0.2, -0.15) is 0 Å². The lowest BCUT2D eigenvalue weighted by Gasteiger charge is -2.31. The van der Waals surface area contributed by atoms with E-state index in [0.29, 0.717) is 5.56 Å². The van der Waals surface area contributed by atoms with Crippen molar-refractivity contribution in [1.29, 1.82) is 0 Å². The first-order chi connectivity index (χ1) is 10.5. The monoisotopic (exact) mass is 302 g/mol. The summed E-state index contributed by atoms with van der Waals surface area (Å²) >= 11 is 0. The Hall–Kier alpha value is -1.74. The summed E-state index contributed by atoms with van der Waals surface area (Å²) in [6.07, 6.45) is 5.48. The smallest absolute Gasteiger partial charge is 0.123 e. The quantitative estimate of drug-likeness (QED) is 0.719. The molecule has 22 heavy (non-hydrogen) atoms. The molecule has 1 aromatic carbocycles. The summed E-state index contributed by atoms with van der Waals surface area (Å²) < 4.78 is 0. The third kappa shape index (κ3) is 3.36. The number of aryl methyl sites for hydroxylation is 1. The molecule has 0 saturated heterocycles. The van der Waals surface area contributed by atoms with Crippen LogP contribution < -0.4 is 0 Å². The molecule has 0 fully saturated rings. The van der Waals surface area contributed by atoms with Gasteiger partial charge in [-0.15, -0.1) is 0 Å². The van der Waals surface area contributed by atoms with E-state index >= 15 is 0 Å². The molecule has 3 heteroatoms. The summed E-state index contributed by atoms with van der Waals surface area (Å²) in [6, 6.07) is 3.49. The minimum Gasteiger partial charge on any atom is -0.507 e. The van der Waals surface area contributed by atoms with Crippen LogP contribution in [0.15, 0.2) is 35.9 Å². The molecule has 3 nitrogen and oxygen atoms in total. The van der Waals surface area contributed by atoms with Crippen molar-refractivity contribution in [2.24, 2.45) is 5.92 Å². The van der Waals surface area contributed by atoms with E-state index in [4.69, 9.17) is 0 Å². The number of aromatic hydroxyl groups is 2. The van der Waals surface area contributed by atoms with E-state index in [2.05, 4.69) is 13.5 Å². The highest BCUT2D eigenvalue weighted by atomic mass is 16.3. The third-order valence-corrected chi connectivity index (χ3v) is 4.53. The molecule has 2 rings (SSSR count). The van der Waals surface area contributed by atoms with Gasteiger partial charge in [-0.1, -0.05) is 31.6 Å². The van der Waals surface area contributed by atoms with E-state index in [1.54, 1.807) is 12.1 Å². The fourth-order valence-corrected chi connectivity index (χ4v) is 3.40. The van der Waals surface area contributed by atoms with E-state index in [1.807, 2.05) is 13.0 Å². The Balaban J connectivity index is 2.48. The molecule has 1 aliphatic carbocycles. The normalized spacial score (nSPS) is 21.5. The van der Waals surface area contributed by atoms with Crippen molar-refractivity contribution in [1.82, 2.24) is 0 Å². The van der Waals surface area contributed by atoms with Gasteiger partial charge in [0.2, 0.25) is 0 Å². The Labute approximate surface area is 132 Å². The predicted octanol–water partition coefficient (Wildman–Crippen LogP) is 4.04. The zero-order chi connectivity index (χ0) is 16.3. The number of allylic oxidation sites excluding steroid dienone is 2. The van der Waals surface area contributed by atoms with Crippen molar-refractivity contribution >= 4 is 0 Å². The molecule has 3 N–H and O–H groups in total. The van der Waals surface area contributed by atoms with E-state index in [-0.39, 0.29) is 29.9 Å². The topological polar surface area (TPSA) is 60.7 Å². The summed E-state index contributed by atoms with van der Waals surface area (Å²) in [5, 5.41) is 30.3. The van der Waals surface area contributed by atoms with Crippen molar-refractivity contribution < 1.29 is 15.3 Å². The van der Waals surface area contributed by atoms with Gasteiger partial charge in [-0.05, 0) is 55.4 Å². The molecule has 0 saturated carbocycles. The molecular formula is C19H26O3. The van der Waals surface area contributed by atoms with E-state index in [9.17, 15) is 15.3 Å². The maximum Gasteiger partial charge on any atom is 0.123 e. The number of aliphatic hydroxyl groups excluding tert-OH is 1. The highest BCUT2D eigenvalue weighted by molar-refractivity contribution is 5.51. The Bertz CT molecular complexity index is 563. The SMILES string of the molecule is C=C(C)C1CCC(CO)=C[C@H]1c1c(O)cc(CCC)cc1O. The van der Waals surface area contributed by atoms with Crippen LogP contribution in [-0.2, 0) is 6.42 Å². The number of rotatable bonds is 5. The molecule has 120 valence electrons. The summed E-state index contributed by atoms with van der Waals surface area (Å²) in [5.41, 5.74) is 3.49. The minimum atomic E-state index is -0.135. The molecule has 0 heterocycles. The summed E-state index contributed by atoms with van der Waals surface area (Å²) in [6.45, 7) is 8.13. The van der Waals surface area contributed by atoms with Crippen LogP contribution in [0.25, 0.3) is 0 Å². The molecule has 0 spiro atoms. The van der Waals surface area contributed by atoms with Crippen LogP contribution in [0.3, 0.4) is 0 Å². The third-order valence-electron chi connectivity index (χ3n) is 4.53. The number of phenols is 2. The average molecular weight is 302 g/mol. The Morgan fingerprint density at radius 3 is 2.41 bits per heavy atom. The second kappa shape index (κ2) is 7.01. The number of hydrogen-bond donors (Lipinski definition) is 3. The van der Waals surface area contributed by atoms with Crippen molar-refractivity contribution in [3.8, 4) is 11.5 Å². The van der Waals surface area contributed by atoms with Gasteiger partial charge in [0.25, 0.3) is 0 Å². The molecule has 0 bridgehead atoms. The first-order valence-corrected chi connectivity index (χ1v) is 7.98. The lowest BCUT2D eigenvalue weighted by molar-refractivity contribution is 0.314. The molecule has 0 aromatic heterocycles. The summed E-state index contributed by atoms with van der Waals surface area (Å²) in [7, 11) is 0. The zero-order valence-electron chi connectivity index (χ0n) is 13.5. The van der Waals surface area contributed by atoms with E-state index in [0.717, 1.165) is 42.4 Å². The first kappa shape index (κ1) is 16.6. The lowest BCUT2D eigenvalue weighted by atomic mass is 9.73. The number of benzene rings is 1. The Kier molecular flexibility index (Phi) is 5.30. The molecule has 0 amide bonds. The zero-order valence-corrected chi connectivity index (χ0v) is 13.5. The minimum absolute atomic E-state index is 0.0227. The second-order valence-electron chi connectivity index (χ2n) is 6.30. The van der Waals surface area contributed by atoms with Crippen LogP contribution in [0, 0.1) is 5.92 Å². The fraction of sp³-hybridized carbons (Fsp3) is 0.474. The molecule has 0 aliphatic heterocycles. The van der Waals surface area contributed by atoms with Crippen molar-refractivity contribution in [3.05, 3.63) is 47.1 Å². The lowest BCUT2D eigenvalue weighted by Crippen LogP contribution is -2.18. The van der Waals surface area contributed by atoms with Gasteiger partial charge >= 0.3 is 0 Å². The molecular weight excluding hydrogens is 276 g/mol. The fourth-order valence-electron chi connectivity index (χ4n) is 3.40. The molecule has 1 unspecified atom stereocenters. The Morgan fingerprint density at radius 2 is 1.91 bits per heavy atom. The molecule has 2 atom stereocenters. The van der Waals surface area contributed by atoms with Gasteiger partial charge < -0.3 is 15.3 Å². The van der Waals surface area contributed by atoms with Crippen LogP contribution in [0.2, 0.25) is 0 Å². The second-order valence-corrected chi connectivity index (χ2v) is 6.30. The first-order valence-electron chi connectivity index (χ1n) is 7.98. The molecule has 1 aromatic rings. The van der Waals surface area contributed by atoms with Gasteiger partial charge in [-0.3, -0.25) is 0 Å². The van der Waals surface area contributed by atoms with Crippen molar-refractivity contribution in [3.63, 3.8) is 0 Å². The maximum absolute atomic E-state index is 10.4. The number of aliphatic hydroxyl groups is 1. The maximum atomic E-state index is 10.4.